The van der Waals surface area contributed by atoms with Gasteiger partial charge in [0.1, 0.15) is 5.75 Å². The third-order valence-electron chi connectivity index (χ3n) is 3.69. The Morgan fingerprint density at radius 1 is 1.00 bits per heavy atom. The fourth-order valence-electron chi connectivity index (χ4n) is 2.50. The molecule has 1 heterocycles. The van der Waals surface area contributed by atoms with Gasteiger partial charge in [-0.1, -0.05) is 26.7 Å². The lowest BCUT2D eigenvalue weighted by molar-refractivity contribution is 0.205. The number of nitrogens with zero attached hydrogens (tertiary/aromatic N) is 2. The third kappa shape index (κ3) is 7.69. The number of rotatable bonds is 6. The van der Waals surface area contributed by atoms with Crippen LogP contribution in [0.4, 0.5) is 5.69 Å². The van der Waals surface area contributed by atoms with Crippen LogP contribution in [0.5, 0.6) is 5.75 Å². The maximum Gasteiger partial charge on any atom is 0.119 e. The zero-order valence-corrected chi connectivity index (χ0v) is 15.0. The molecule has 3 heteroatoms. The van der Waals surface area contributed by atoms with Crippen LogP contribution in [0, 0.1) is 0 Å². The fourth-order valence-corrected chi connectivity index (χ4v) is 2.50. The number of anilines is 1. The van der Waals surface area contributed by atoms with Crippen molar-refractivity contribution in [2.45, 2.75) is 46.0 Å². The van der Waals surface area contributed by atoms with E-state index in [1.807, 2.05) is 0 Å². The topological polar surface area (TPSA) is 15.7 Å². The molecule has 0 atom stereocenters. The molecule has 1 saturated heterocycles. The third-order valence-corrected chi connectivity index (χ3v) is 3.69. The minimum atomic E-state index is 0.817. The van der Waals surface area contributed by atoms with Gasteiger partial charge in [0, 0.05) is 26.3 Å². The van der Waals surface area contributed by atoms with E-state index in [0.29, 0.717) is 0 Å². The Balaban J connectivity index is 0.000000745. The molecule has 0 spiro atoms. The van der Waals surface area contributed by atoms with Gasteiger partial charge in [-0.2, -0.15) is 0 Å². The van der Waals surface area contributed by atoms with Crippen molar-refractivity contribution >= 4 is 5.69 Å². The van der Waals surface area contributed by atoms with Gasteiger partial charge in [-0.3, -0.25) is 0 Å². The van der Waals surface area contributed by atoms with Crippen molar-refractivity contribution < 1.29 is 4.74 Å². The van der Waals surface area contributed by atoms with Gasteiger partial charge in [0.05, 0.1) is 6.61 Å². The van der Waals surface area contributed by atoms with Gasteiger partial charge in [-0.25, -0.2) is 0 Å². The van der Waals surface area contributed by atoms with Crippen molar-refractivity contribution in [3.63, 3.8) is 0 Å². The molecular formula is C19H34N2O. The van der Waals surface area contributed by atoms with Crippen LogP contribution >= 0.6 is 0 Å². The Kier molecular flexibility index (Phi) is 9.72. The highest BCUT2D eigenvalue weighted by Gasteiger charge is 2.08. The van der Waals surface area contributed by atoms with Crippen LogP contribution in [0.3, 0.4) is 0 Å². The number of hydrogen-bond donors (Lipinski definition) is 0. The molecule has 0 aromatic heterocycles. The maximum absolute atomic E-state index is 5.79. The molecule has 1 fully saturated rings. The zero-order chi connectivity index (χ0) is 16.2. The molecule has 1 aliphatic rings. The molecule has 3 nitrogen and oxygen atoms in total. The molecule has 1 aliphatic heterocycles. The van der Waals surface area contributed by atoms with E-state index in [0.717, 1.165) is 18.8 Å². The highest BCUT2D eigenvalue weighted by Crippen LogP contribution is 2.17. The lowest BCUT2D eigenvalue weighted by atomic mass is 10.1. The van der Waals surface area contributed by atoms with Gasteiger partial charge in [0.25, 0.3) is 0 Å². The normalized spacial score (nSPS) is 14.9. The lowest BCUT2D eigenvalue weighted by Crippen LogP contribution is -2.31. The van der Waals surface area contributed by atoms with E-state index < -0.39 is 0 Å². The fraction of sp³-hybridized carbons (Fsp3) is 0.684. The van der Waals surface area contributed by atoms with Gasteiger partial charge in [0.15, 0.2) is 0 Å². The molecule has 1 aromatic carbocycles. The van der Waals surface area contributed by atoms with E-state index in [4.69, 9.17) is 4.74 Å². The summed E-state index contributed by atoms with van der Waals surface area (Å²) in [6.45, 7) is 8.79. The van der Waals surface area contributed by atoms with E-state index in [9.17, 15) is 0 Å². The Labute approximate surface area is 137 Å². The zero-order valence-electron chi connectivity index (χ0n) is 15.0. The molecule has 0 N–H and O–H groups in total. The average molecular weight is 306 g/mol. The number of likely N-dealkylation sites (tertiary alicyclic amines) is 1. The highest BCUT2D eigenvalue weighted by atomic mass is 16.5. The van der Waals surface area contributed by atoms with Gasteiger partial charge < -0.3 is 14.5 Å². The first-order chi connectivity index (χ1) is 10.7. The van der Waals surface area contributed by atoms with Crippen LogP contribution in [0.25, 0.3) is 0 Å². The van der Waals surface area contributed by atoms with Gasteiger partial charge in [0.2, 0.25) is 0 Å². The summed E-state index contributed by atoms with van der Waals surface area (Å²) < 4.78 is 5.79. The minimum Gasteiger partial charge on any atom is -0.494 e. The number of piperidine rings is 1. The second-order valence-electron chi connectivity index (χ2n) is 6.20. The van der Waals surface area contributed by atoms with Crippen molar-refractivity contribution in [3.05, 3.63) is 24.3 Å². The largest absolute Gasteiger partial charge is 0.494 e. The Bertz CT molecular complexity index is 370. The average Bonchev–Trinajstić information content (AvgIpc) is 2.54. The summed E-state index contributed by atoms with van der Waals surface area (Å²) in [5, 5.41) is 0. The lowest BCUT2D eigenvalue weighted by Gasteiger charge is -2.26. The van der Waals surface area contributed by atoms with E-state index in [1.165, 1.54) is 51.0 Å². The summed E-state index contributed by atoms with van der Waals surface area (Å²) in [5.74, 6) is 0.976. The molecule has 1 aromatic rings. The summed E-state index contributed by atoms with van der Waals surface area (Å²) in [7, 11) is 4.10. The predicted octanol–water partition coefficient (Wildman–Crippen LogP) is 4.42. The predicted molar refractivity (Wildman–Crippen MR) is 97.1 cm³/mol. The summed E-state index contributed by atoms with van der Waals surface area (Å²) in [5.41, 5.74) is 1.21. The number of ether oxygens (including phenoxy) is 1. The van der Waals surface area contributed by atoms with E-state index in [2.05, 4.69) is 62.0 Å². The molecular weight excluding hydrogens is 272 g/mol. The molecule has 2 rings (SSSR count). The SMILES string of the molecule is CCC.CN(C)c1ccc(OCCCN2CCCCC2)cc1. The summed E-state index contributed by atoms with van der Waals surface area (Å²) in [6, 6.07) is 8.30. The van der Waals surface area contributed by atoms with E-state index in [1.54, 1.807) is 0 Å². The first kappa shape index (κ1) is 18.8. The smallest absolute Gasteiger partial charge is 0.119 e. The standard InChI is InChI=1S/C16H26N2O.C3H8/c1-17(2)15-7-9-16(10-8-15)19-14-6-13-18-11-4-3-5-12-18;1-3-2/h7-10H,3-6,11-14H2,1-2H3;3H2,1-2H3. The van der Waals surface area contributed by atoms with Crippen molar-refractivity contribution in [2.24, 2.45) is 0 Å². The number of hydrogen-bond acceptors (Lipinski definition) is 3. The van der Waals surface area contributed by atoms with Crippen LogP contribution in [0.15, 0.2) is 24.3 Å². The first-order valence-corrected chi connectivity index (χ1v) is 8.80. The van der Waals surface area contributed by atoms with Crippen LogP contribution in [-0.2, 0) is 0 Å². The summed E-state index contributed by atoms with van der Waals surface area (Å²) in [4.78, 5) is 4.65. The number of benzene rings is 1. The monoisotopic (exact) mass is 306 g/mol. The molecule has 22 heavy (non-hydrogen) atoms. The quantitative estimate of drug-likeness (QED) is 0.723. The maximum atomic E-state index is 5.79. The van der Waals surface area contributed by atoms with Gasteiger partial charge in [-0.15, -0.1) is 0 Å². The second-order valence-corrected chi connectivity index (χ2v) is 6.20. The first-order valence-electron chi connectivity index (χ1n) is 8.80. The van der Waals surface area contributed by atoms with Crippen molar-refractivity contribution in [1.82, 2.24) is 4.90 Å². The van der Waals surface area contributed by atoms with Crippen LogP contribution in [0.2, 0.25) is 0 Å². The van der Waals surface area contributed by atoms with Crippen molar-refractivity contribution in [3.8, 4) is 5.75 Å². The summed E-state index contributed by atoms with van der Waals surface area (Å²) in [6.07, 6.45) is 6.51. The second kappa shape index (κ2) is 11.4. The molecule has 126 valence electrons. The highest BCUT2D eigenvalue weighted by molar-refractivity contribution is 5.47. The molecule has 0 radical (unpaired) electrons. The van der Waals surface area contributed by atoms with Gasteiger partial charge >= 0.3 is 0 Å². The Morgan fingerprint density at radius 3 is 2.14 bits per heavy atom. The molecule has 0 aliphatic carbocycles. The Hall–Kier alpha value is -1.22. The van der Waals surface area contributed by atoms with Crippen molar-refractivity contribution in [1.29, 1.82) is 0 Å². The van der Waals surface area contributed by atoms with E-state index >= 15 is 0 Å². The Morgan fingerprint density at radius 2 is 1.59 bits per heavy atom. The van der Waals surface area contributed by atoms with Crippen LogP contribution in [-0.4, -0.2) is 45.2 Å². The summed E-state index contributed by atoms with van der Waals surface area (Å²) >= 11 is 0. The molecule has 0 amide bonds. The van der Waals surface area contributed by atoms with Crippen LogP contribution in [0.1, 0.15) is 46.0 Å². The molecule has 0 bridgehead atoms. The van der Waals surface area contributed by atoms with Crippen molar-refractivity contribution in [2.75, 3.05) is 45.2 Å². The molecule has 0 saturated carbocycles. The van der Waals surface area contributed by atoms with Crippen LogP contribution < -0.4 is 9.64 Å². The minimum absolute atomic E-state index is 0.817. The van der Waals surface area contributed by atoms with Gasteiger partial charge in [-0.05, 0) is 56.6 Å². The molecule has 0 unspecified atom stereocenters. The van der Waals surface area contributed by atoms with E-state index in [-0.39, 0.29) is 0 Å².